The van der Waals surface area contributed by atoms with Crippen LogP contribution in [0.4, 0.5) is 0 Å². The van der Waals surface area contributed by atoms with Crippen LogP contribution in [0.15, 0.2) is 30.7 Å². The van der Waals surface area contributed by atoms with Gasteiger partial charge in [-0.15, -0.1) is 0 Å². The molecule has 0 aliphatic heterocycles. The molecule has 5 heteroatoms. The van der Waals surface area contributed by atoms with Crippen LogP contribution in [-0.4, -0.2) is 27.3 Å². The predicted molar refractivity (Wildman–Crippen MR) is 70.2 cm³/mol. The Morgan fingerprint density at radius 2 is 2.21 bits per heavy atom. The van der Waals surface area contributed by atoms with Gasteiger partial charge in [-0.1, -0.05) is 6.92 Å². The Labute approximate surface area is 111 Å². The van der Waals surface area contributed by atoms with Gasteiger partial charge in [0, 0.05) is 18.0 Å². The van der Waals surface area contributed by atoms with Crippen LogP contribution in [0.25, 0.3) is 0 Å². The second-order valence-corrected chi connectivity index (χ2v) is 4.08. The van der Waals surface area contributed by atoms with Crippen molar-refractivity contribution < 1.29 is 9.53 Å². The minimum absolute atomic E-state index is 0.181. The molecule has 0 atom stereocenters. The molecule has 0 aliphatic rings. The fourth-order valence-corrected chi connectivity index (χ4v) is 1.57. The van der Waals surface area contributed by atoms with E-state index in [-0.39, 0.29) is 5.78 Å². The third-order valence-electron chi connectivity index (χ3n) is 2.46. The topological polar surface area (TPSA) is 65.0 Å². The molecule has 0 unspecified atom stereocenters. The molecule has 2 aromatic rings. The summed E-state index contributed by atoms with van der Waals surface area (Å²) in [5.41, 5.74) is 0.827. The summed E-state index contributed by atoms with van der Waals surface area (Å²) >= 11 is 0. The highest BCUT2D eigenvalue weighted by atomic mass is 16.5. The third kappa shape index (κ3) is 3.34. The van der Waals surface area contributed by atoms with Gasteiger partial charge in [-0.25, -0.2) is 9.97 Å². The van der Waals surface area contributed by atoms with E-state index in [0.29, 0.717) is 29.4 Å². The molecule has 0 saturated carbocycles. The lowest BCUT2D eigenvalue weighted by atomic mass is 10.1. The molecule has 2 aromatic heterocycles. The normalized spacial score (nSPS) is 10.2. The van der Waals surface area contributed by atoms with Gasteiger partial charge in [-0.05, 0) is 25.5 Å². The van der Waals surface area contributed by atoms with E-state index in [1.165, 1.54) is 6.20 Å². The van der Waals surface area contributed by atoms with Crippen molar-refractivity contribution in [2.45, 2.75) is 20.3 Å². The van der Waals surface area contributed by atoms with Crippen molar-refractivity contribution in [1.82, 2.24) is 15.0 Å². The van der Waals surface area contributed by atoms with E-state index in [0.717, 1.165) is 6.42 Å². The van der Waals surface area contributed by atoms with Gasteiger partial charge < -0.3 is 4.74 Å². The van der Waals surface area contributed by atoms with Crippen molar-refractivity contribution in [3.63, 3.8) is 0 Å². The number of ether oxygens (including phenoxy) is 1. The van der Waals surface area contributed by atoms with E-state index < -0.39 is 0 Å². The molecule has 2 rings (SSSR count). The molecular weight excluding hydrogens is 242 g/mol. The van der Waals surface area contributed by atoms with Crippen LogP contribution in [-0.2, 0) is 0 Å². The smallest absolute Gasteiger partial charge is 0.213 e. The number of carbonyl (C=O) groups is 1. The summed E-state index contributed by atoms with van der Waals surface area (Å²) in [7, 11) is 0. The summed E-state index contributed by atoms with van der Waals surface area (Å²) in [6.07, 6.45) is 5.58. The Morgan fingerprint density at radius 1 is 1.37 bits per heavy atom. The first-order valence-electron chi connectivity index (χ1n) is 6.13. The Morgan fingerprint density at radius 3 is 2.95 bits per heavy atom. The van der Waals surface area contributed by atoms with Crippen LogP contribution < -0.4 is 4.74 Å². The summed E-state index contributed by atoms with van der Waals surface area (Å²) < 4.78 is 5.46. The van der Waals surface area contributed by atoms with Crippen LogP contribution in [0, 0.1) is 6.92 Å². The van der Waals surface area contributed by atoms with Crippen LogP contribution in [0.3, 0.4) is 0 Å². The fourth-order valence-electron chi connectivity index (χ4n) is 1.57. The van der Waals surface area contributed by atoms with Crippen LogP contribution in [0.1, 0.15) is 35.2 Å². The quantitative estimate of drug-likeness (QED) is 0.768. The lowest BCUT2D eigenvalue weighted by Gasteiger charge is -2.05. The molecule has 0 radical (unpaired) electrons. The van der Waals surface area contributed by atoms with E-state index in [1.807, 2.05) is 6.92 Å². The van der Waals surface area contributed by atoms with Gasteiger partial charge in [0.05, 0.1) is 12.8 Å². The van der Waals surface area contributed by atoms with Gasteiger partial charge in [-0.2, -0.15) is 0 Å². The Balaban J connectivity index is 2.24. The minimum Gasteiger partial charge on any atom is -0.492 e. The van der Waals surface area contributed by atoms with Crippen molar-refractivity contribution in [2.75, 3.05) is 6.61 Å². The van der Waals surface area contributed by atoms with E-state index in [9.17, 15) is 4.79 Å². The van der Waals surface area contributed by atoms with Gasteiger partial charge in [0.2, 0.25) is 5.78 Å². The first-order chi connectivity index (χ1) is 9.20. The highest BCUT2D eigenvalue weighted by molar-refractivity contribution is 6.07. The molecular formula is C14H15N3O2. The van der Waals surface area contributed by atoms with Crippen molar-refractivity contribution in [1.29, 1.82) is 0 Å². The molecule has 0 bridgehead atoms. The maximum absolute atomic E-state index is 12.2. The lowest BCUT2D eigenvalue weighted by Crippen LogP contribution is -2.07. The van der Waals surface area contributed by atoms with Gasteiger partial charge in [0.15, 0.2) is 0 Å². The van der Waals surface area contributed by atoms with Crippen LogP contribution >= 0.6 is 0 Å². The van der Waals surface area contributed by atoms with Gasteiger partial charge in [0.1, 0.15) is 17.3 Å². The monoisotopic (exact) mass is 257 g/mol. The first-order valence-corrected chi connectivity index (χ1v) is 6.13. The maximum atomic E-state index is 12.2. The van der Waals surface area contributed by atoms with Crippen molar-refractivity contribution in [3.8, 4) is 5.75 Å². The second kappa shape index (κ2) is 6.04. The summed E-state index contributed by atoms with van der Waals surface area (Å²) in [6, 6.07) is 3.28. The minimum atomic E-state index is -0.181. The molecule has 2 heterocycles. The molecule has 5 nitrogen and oxygen atoms in total. The average Bonchev–Trinajstić information content (AvgIpc) is 2.44. The molecule has 0 saturated heterocycles. The van der Waals surface area contributed by atoms with Gasteiger partial charge in [-0.3, -0.25) is 9.78 Å². The molecule has 0 N–H and O–H groups in total. The molecule has 0 fully saturated rings. The van der Waals surface area contributed by atoms with Crippen molar-refractivity contribution >= 4 is 5.78 Å². The lowest BCUT2D eigenvalue weighted by molar-refractivity contribution is 0.103. The standard InChI is InChI=1S/C14H15N3O2/c1-3-6-19-12-7-11(8-15-9-12)14(18)13-4-5-16-10(2)17-13/h4-5,7-9H,3,6H2,1-2H3. The summed E-state index contributed by atoms with van der Waals surface area (Å²) in [4.78, 5) is 24.3. The maximum Gasteiger partial charge on any atom is 0.213 e. The Hall–Kier alpha value is -2.30. The largest absolute Gasteiger partial charge is 0.492 e. The van der Waals surface area contributed by atoms with E-state index in [1.54, 1.807) is 31.5 Å². The number of carbonyl (C=O) groups excluding carboxylic acids is 1. The van der Waals surface area contributed by atoms with E-state index >= 15 is 0 Å². The average molecular weight is 257 g/mol. The molecule has 19 heavy (non-hydrogen) atoms. The summed E-state index contributed by atoms with van der Waals surface area (Å²) in [5, 5.41) is 0. The zero-order chi connectivity index (χ0) is 13.7. The number of ketones is 1. The highest BCUT2D eigenvalue weighted by Crippen LogP contribution is 2.14. The van der Waals surface area contributed by atoms with Gasteiger partial charge in [0.25, 0.3) is 0 Å². The summed E-state index contributed by atoms with van der Waals surface area (Å²) in [6.45, 7) is 4.37. The number of nitrogens with zero attached hydrogens (tertiary/aromatic N) is 3. The Bertz CT molecular complexity index is 584. The summed E-state index contributed by atoms with van der Waals surface area (Å²) in [5.74, 6) is 0.982. The zero-order valence-electron chi connectivity index (χ0n) is 11.0. The zero-order valence-corrected chi connectivity index (χ0v) is 11.0. The van der Waals surface area contributed by atoms with E-state index in [2.05, 4.69) is 15.0 Å². The number of hydrogen-bond acceptors (Lipinski definition) is 5. The number of aromatic nitrogens is 3. The number of rotatable bonds is 5. The number of pyridine rings is 1. The molecule has 98 valence electrons. The first kappa shape index (κ1) is 13.1. The third-order valence-corrected chi connectivity index (χ3v) is 2.46. The highest BCUT2D eigenvalue weighted by Gasteiger charge is 2.12. The van der Waals surface area contributed by atoms with Crippen molar-refractivity contribution in [2.24, 2.45) is 0 Å². The van der Waals surface area contributed by atoms with Crippen molar-refractivity contribution in [3.05, 3.63) is 47.8 Å². The molecule has 0 spiro atoms. The number of hydrogen-bond donors (Lipinski definition) is 0. The fraction of sp³-hybridized carbons (Fsp3) is 0.286. The van der Waals surface area contributed by atoms with Crippen LogP contribution in [0.2, 0.25) is 0 Å². The molecule has 0 aromatic carbocycles. The van der Waals surface area contributed by atoms with Gasteiger partial charge >= 0.3 is 0 Å². The predicted octanol–water partition coefficient (Wildman–Crippen LogP) is 2.20. The molecule has 0 amide bonds. The Kier molecular flexibility index (Phi) is 4.18. The molecule has 0 aliphatic carbocycles. The van der Waals surface area contributed by atoms with E-state index in [4.69, 9.17) is 4.74 Å². The number of aryl methyl sites for hydroxylation is 1. The SMILES string of the molecule is CCCOc1cncc(C(=O)c2ccnc(C)n2)c1. The van der Waals surface area contributed by atoms with Crippen LogP contribution in [0.5, 0.6) is 5.75 Å². The second-order valence-electron chi connectivity index (χ2n) is 4.08.